The summed E-state index contributed by atoms with van der Waals surface area (Å²) in [5.41, 5.74) is -3.05. The van der Waals surface area contributed by atoms with Gasteiger partial charge in [-0.25, -0.2) is 9.59 Å². The van der Waals surface area contributed by atoms with Crippen molar-refractivity contribution >= 4 is 32.7 Å². The number of hydrogen-bond acceptors (Lipinski definition) is 7. The molecule has 0 aliphatic rings. The van der Waals surface area contributed by atoms with E-state index in [-0.39, 0.29) is 23.6 Å². The molecular formula is C35H44F3N3O7Si. The second-order valence-corrected chi connectivity index (χ2v) is 15.6. The number of amides is 2. The third kappa shape index (κ3) is 9.82. The lowest BCUT2D eigenvalue weighted by molar-refractivity contribution is -0.265. The van der Waals surface area contributed by atoms with Crippen LogP contribution in [0, 0.1) is 17.3 Å². The minimum Gasteiger partial charge on any atom is -0.465 e. The fourth-order valence-electron chi connectivity index (χ4n) is 5.80. The number of pyridine rings is 1. The van der Waals surface area contributed by atoms with Crippen molar-refractivity contribution in [2.75, 3.05) is 12.4 Å². The summed E-state index contributed by atoms with van der Waals surface area (Å²) < 4.78 is 61.7. The Morgan fingerprint density at radius 3 is 2.04 bits per heavy atom. The summed E-state index contributed by atoms with van der Waals surface area (Å²) in [7, 11) is -0.986. The van der Waals surface area contributed by atoms with Gasteiger partial charge in [-0.15, -0.1) is 0 Å². The molecule has 0 saturated heterocycles. The molecule has 1 aromatic heterocycles. The van der Waals surface area contributed by atoms with E-state index < -0.39 is 68.3 Å². The quantitative estimate of drug-likeness (QED) is 0.122. The first-order valence-corrected chi connectivity index (χ1v) is 18.5. The van der Waals surface area contributed by atoms with E-state index in [4.69, 9.17) is 13.9 Å². The van der Waals surface area contributed by atoms with Crippen LogP contribution in [0.15, 0.2) is 71.5 Å². The minimum absolute atomic E-state index is 0.0709. The van der Waals surface area contributed by atoms with E-state index in [1.807, 2.05) is 0 Å². The number of aromatic nitrogens is 1. The number of alkyl halides is 3. The molecule has 0 fully saturated rings. The van der Waals surface area contributed by atoms with Crippen LogP contribution in [0.4, 0.5) is 23.7 Å². The summed E-state index contributed by atoms with van der Waals surface area (Å²) in [4.78, 5) is 52.5. The smallest absolute Gasteiger partial charge is 0.412 e. The fourth-order valence-corrected chi connectivity index (χ4v) is 7.05. The molecule has 0 aliphatic heterocycles. The predicted octanol–water partition coefficient (Wildman–Crippen LogP) is 6.74. The molecule has 10 nitrogen and oxygen atoms in total. The van der Waals surface area contributed by atoms with Crippen molar-refractivity contribution in [2.24, 2.45) is 17.3 Å². The van der Waals surface area contributed by atoms with Crippen LogP contribution in [0.25, 0.3) is 11.3 Å². The molecule has 3 rings (SSSR count). The third-order valence-electron chi connectivity index (χ3n) is 7.77. The fraction of sp³-hybridized carbons (Fsp3) is 0.429. The molecule has 0 radical (unpaired) electrons. The van der Waals surface area contributed by atoms with Crippen LogP contribution >= 0.6 is 0 Å². The van der Waals surface area contributed by atoms with Crippen molar-refractivity contribution in [3.05, 3.63) is 88.2 Å². The Labute approximate surface area is 285 Å². The van der Waals surface area contributed by atoms with E-state index in [1.165, 1.54) is 64.3 Å². The van der Waals surface area contributed by atoms with Crippen molar-refractivity contribution in [1.29, 1.82) is 0 Å². The molecule has 2 unspecified atom stereocenters. The summed E-state index contributed by atoms with van der Waals surface area (Å²) in [5.74, 6) is -4.44. The van der Waals surface area contributed by atoms with Gasteiger partial charge in [0, 0.05) is 5.92 Å². The van der Waals surface area contributed by atoms with E-state index in [9.17, 15) is 32.3 Å². The largest absolute Gasteiger partial charge is 0.465 e. The van der Waals surface area contributed by atoms with Gasteiger partial charge in [0.15, 0.2) is 9.04 Å². The van der Waals surface area contributed by atoms with Crippen LogP contribution in [0.2, 0.25) is 13.1 Å². The number of hydrogen-bond donors (Lipinski definition) is 2. The van der Waals surface area contributed by atoms with E-state index in [0.717, 1.165) is 4.57 Å². The number of nitrogens with zero attached hydrogens (tertiary/aromatic N) is 1. The van der Waals surface area contributed by atoms with Crippen LogP contribution in [-0.4, -0.2) is 50.6 Å². The lowest BCUT2D eigenvalue weighted by atomic mass is 9.70. The second kappa shape index (κ2) is 15.9. The topological polar surface area (TPSA) is 125 Å². The maximum atomic E-state index is 14.9. The standard InChI is InChI=1S/C35H44F3N3O7Si/c1-22(2)34(48-49(7)8,31(33(3,4)5)35(36,37)38)40-28(42)20-41-27(24-14-16-25(17-15-24)30(44)46-6)19-18-26(29(41)43)39-32(45)47-21-23-12-10-9-11-13-23/h9-19,22,31,49H,20-21H2,1-8H3,(H,39,45)(H,40,42). The molecule has 2 aromatic carbocycles. The Hall–Kier alpha value is -4.43. The number of esters is 1. The maximum Gasteiger partial charge on any atom is 0.412 e. The van der Waals surface area contributed by atoms with E-state index in [1.54, 1.807) is 57.3 Å². The van der Waals surface area contributed by atoms with Crippen LogP contribution in [-0.2, 0) is 31.8 Å². The van der Waals surface area contributed by atoms with Crippen LogP contribution in [0.1, 0.15) is 50.5 Å². The number of carbonyl (C=O) groups excluding carboxylic acids is 3. The first-order chi connectivity index (χ1) is 22.8. The Morgan fingerprint density at radius 1 is 0.918 bits per heavy atom. The summed E-state index contributed by atoms with van der Waals surface area (Å²) in [6.07, 6.45) is -5.69. The zero-order valence-electron chi connectivity index (χ0n) is 28.9. The molecule has 0 spiro atoms. The number of carbonyl (C=O) groups is 3. The number of benzene rings is 2. The Kier molecular flexibility index (Phi) is 12.6. The molecule has 3 aromatic rings. The number of methoxy groups -OCH3 is 1. The van der Waals surface area contributed by atoms with Crippen molar-refractivity contribution < 1.29 is 41.5 Å². The molecule has 2 amide bonds. The second-order valence-electron chi connectivity index (χ2n) is 13.3. The van der Waals surface area contributed by atoms with Crippen LogP contribution in [0.5, 0.6) is 0 Å². The number of rotatable bonds is 12. The maximum absolute atomic E-state index is 14.9. The first-order valence-electron chi connectivity index (χ1n) is 15.8. The van der Waals surface area contributed by atoms with Crippen LogP contribution < -0.4 is 16.2 Å². The average Bonchev–Trinajstić information content (AvgIpc) is 3.00. The third-order valence-corrected chi connectivity index (χ3v) is 8.63. The predicted molar refractivity (Wildman–Crippen MR) is 182 cm³/mol. The SMILES string of the molecule is COC(=O)c1ccc(-c2ccc(NC(=O)OCc3ccccc3)c(=O)n2CC(=O)NC(O[SiH](C)C)(C(C)C)C(C(C)(C)C)C(F)(F)F)cc1. The molecule has 0 aliphatic carbocycles. The van der Waals surface area contributed by atoms with Gasteiger partial charge in [0.05, 0.1) is 18.4 Å². The van der Waals surface area contributed by atoms with Gasteiger partial charge in [-0.1, -0.05) is 77.1 Å². The van der Waals surface area contributed by atoms with Gasteiger partial charge in [0.1, 0.15) is 30.5 Å². The van der Waals surface area contributed by atoms with Crippen molar-refractivity contribution in [3.8, 4) is 11.3 Å². The molecule has 1 heterocycles. The normalized spacial score (nSPS) is 13.8. The van der Waals surface area contributed by atoms with E-state index >= 15 is 0 Å². The summed E-state index contributed by atoms with van der Waals surface area (Å²) in [6.45, 7) is 10.0. The molecule has 14 heteroatoms. The van der Waals surface area contributed by atoms with Gasteiger partial charge in [-0.05, 0) is 53.9 Å². The van der Waals surface area contributed by atoms with Gasteiger partial charge in [-0.2, -0.15) is 13.2 Å². The van der Waals surface area contributed by atoms with Gasteiger partial charge in [0.25, 0.3) is 5.56 Å². The summed E-state index contributed by atoms with van der Waals surface area (Å²) in [6, 6.07) is 17.6. The highest BCUT2D eigenvalue weighted by Crippen LogP contribution is 2.49. The first kappa shape index (κ1) is 39.0. The highest BCUT2D eigenvalue weighted by atomic mass is 28.3. The lowest BCUT2D eigenvalue weighted by Gasteiger charge is -2.51. The highest BCUT2D eigenvalue weighted by Gasteiger charge is 2.61. The Morgan fingerprint density at radius 2 is 1.53 bits per heavy atom. The van der Waals surface area contributed by atoms with Crippen molar-refractivity contribution in [2.45, 2.75) is 72.8 Å². The number of anilines is 1. The van der Waals surface area contributed by atoms with Crippen molar-refractivity contribution in [1.82, 2.24) is 9.88 Å². The monoisotopic (exact) mass is 703 g/mol. The molecule has 0 bridgehead atoms. The van der Waals surface area contributed by atoms with Gasteiger partial charge >= 0.3 is 18.2 Å². The van der Waals surface area contributed by atoms with Gasteiger partial charge in [-0.3, -0.25) is 19.5 Å². The number of halogens is 3. The molecule has 2 N–H and O–H groups in total. The average molecular weight is 704 g/mol. The lowest BCUT2D eigenvalue weighted by Crippen LogP contribution is -2.67. The Balaban J connectivity index is 2.09. The summed E-state index contributed by atoms with van der Waals surface area (Å²) >= 11 is 0. The molecule has 266 valence electrons. The molecular weight excluding hydrogens is 659 g/mol. The number of ether oxygens (including phenoxy) is 2. The zero-order chi connectivity index (χ0) is 36.7. The molecule has 49 heavy (non-hydrogen) atoms. The van der Waals surface area contributed by atoms with Crippen molar-refractivity contribution in [3.63, 3.8) is 0 Å². The highest BCUT2D eigenvalue weighted by molar-refractivity contribution is 6.48. The summed E-state index contributed by atoms with van der Waals surface area (Å²) in [5, 5.41) is 4.98. The van der Waals surface area contributed by atoms with E-state index in [0.29, 0.717) is 11.1 Å². The minimum atomic E-state index is -4.76. The molecule has 2 atom stereocenters. The number of nitrogens with one attached hydrogen (secondary N) is 2. The Bertz CT molecular complexity index is 1660. The zero-order valence-corrected chi connectivity index (χ0v) is 30.1. The molecule has 0 saturated carbocycles. The van der Waals surface area contributed by atoms with Gasteiger partial charge in [0.2, 0.25) is 5.91 Å². The van der Waals surface area contributed by atoms with E-state index in [2.05, 4.69) is 10.6 Å². The van der Waals surface area contributed by atoms with Crippen LogP contribution in [0.3, 0.4) is 0 Å². The van der Waals surface area contributed by atoms with Gasteiger partial charge < -0.3 is 19.2 Å².